The minimum absolute atomic E-state index is 0.431. The van der Waals surface area contributed by atoms with E-state index in [-0.39, 0.29) is 0 Å². The SMILES string of the molecule is COc1ccc(OC)c(NC(=O)C(C)OC(=O)c2csc3c2CCCC3)c1. The van der Waals surface area contributed by atoms with Crippen LogP contribution >= 0.6 is 11.3 Å². The van der Waals surface area contributed by atoms with Gasteiger partial charge in [-0.05, 0) is 50.3 Å². The number of hydrogen-bond acceptors (Lipinski definition) is 6. The molecule has 0 saturated carbocycles. The second-order valence-corrected chi connectivity index (χ2v) is 7.33. The standard InChI is InChI=1S/C20H23NO5S/c1-12(19(22)21-16-10-13(24-2)8-9-17(16)25-3)26-20(23)15-11-27-18-7-5-4-6-14(15)18/h8-12H,4-7H2,1-3H3,(H,21,22). The van der Waals surface area contributed by atoms with E-state index in [0.717, 1.165) is 31.2 Å². The summed E-state index contributed by atoms with van der Waals surface area (Å²) in [7, 11) is 3.06. The Kier molecular flexibility index (Phi) is 6.01. The van der Waals surface area contributed by atoms with Crippen LogP contribution in [0.25, 0.3) is 0 Å². The summed E-state index contributed by atoms with van der Waals surface area (Å²) in [5.74, 6) is 0.198. The number of thiophene rings is 1. The van der Waals surface area contributed by atoms with Crippen LogP contribution < -0.4 is 14.8 Å². The van der Waals surface area contributed by atoms with Crippen molar-refractivity contribution in [2.75, 3.05) is 19.5 Å². The molecule has 1 aliphatic rings. The van der Waals surface area contributed by atoms with Crippen LogP contribution in [-0.4, -0.2) is 32.2 Å². The first-order valence-electron chi connectivity index (χ1n) is 8.86. The van der Waals surface area contributed by atoms with Crippen LogP contribution in [-0.2, 0) is 22.4 Å². The number of ether oxygens (including phenoxy) is 3. The lowest BCUT2D eigenvalue weighted by Crippen LogP contribution is -2.30. The third-order valence-electron chi connectivity index (χ3n) is 4.60. The first-order chi connectivity index (χ1) is 13.0. The first-order valence-corrected chi connectivity index (χ1v) is 9.74. The average molecular weight is 389 g/mol. The molecule has 0 saturated heterocycles. The normalized spacial score (nSPS) is 14.0. The molecular weight excluding hydrogens is 366 g/mol. The largest absolute Gasteiger partial charge is 0.497 e. The topological polar surface area (TPSA) is 73.9 Å². The summed E-state index contributed by atoms with van der Waals surface area (Å²) in [6.07, 6.45) is 3.20. The van der Waals surface area contributed by atoms with Gasteiger partial charge in [0, 0.05) is 16.3 Å². The molecule has 2 aromatic rings. The minimum atomic E-state index is -0.937. The zero-order valence-corrected chi connectivity index (χ0v) is 16.5. The van der Waals surface area contributed by atoms with Gasteiger partial charge in [-0.2, -0.15) is 0 Å². The van der Waals surface area contributed by atoms with Crippen LogP contribution in [0.1, 0.15) is 40.6 Å². The van der Waals surface area contributed by atoms with E-state index >= 15 is 0 Å². The van der Waals surface area contributed by atoms with Crippen molar-refractivity contribution in [3.8, 4) is 11.5 Å². The summed E-state index contributed by atoms with van der Waals surface area (Å²) in [5, 5.41) is 4.57. The number of carbonyl (C=O) groups excluding carboxylic acids is 2. The number of esters is 1. The zero-order chi connectivity index (χ0) is 19.4. The van der Waals surface area contributed by atoms with Gasteiger partial charge in [0.2, 0.25) is 0 Å². The lowest BCUT2D eigenvalue weighted by Gasteiger charge is -2.17. The number of hydrogen-bond donors (Lipinski definition) is 1. The molecule has 0 radical (unpaired) electrons. The van der Waals surface area contributed by atoms with Gasteiger partial charge in [-0.15, -0.1) is 11.3 Å². The summed E-state index contributed by atoms with van der Waals surface area (Å²) in [4.78, 5) is 26.3. The molecule has 0 bridgehead atoms. The highest BCUT2D eigenvalue weighted by molar-refractivity contribution is 7.10. The molecule has 1 aromatic carbocycles. The van der Waals surface area contributed by atoms with E-state index < -0.39 is 18.0 Å². The highest BCUT2D eigenvalue weighted by Crippen LogP contribution is 2.31. The molecule has 0 fully saturated rings. The zero-order valence-electron chi connectivity index (χ0n) is 15.7. The smallest absolute Gasteiger partial charge is 0.340 e. The maximum absolute atomic E-state index is 12.5. The third kappa shape index (κ3) is 4.24. The Morgan fingerprint density at radius 1 is 1.15 bits per heavy atom. The highest BCUT2D eigenvalue weighted by atomic mass is 32.1. The first kappa shape index (κ1) is 19.2. The van der Waals surface area contributed by atoms with Crippen LogP contribution in [0.4, 0.5) is 5.69 Å². The van der Waals surface area contributed by atoms with Gasteiger partial charge in [-0.1, -0.05) is 0 Å². The number of benzene rings is 1. The summed E-state index contributed by atoms with van der Waals surface area (Å²) >= 11 is 1.60. The average Bonchev–Trinajstić information content (AvgIpc) is 3.12. The molecule has 1 aliphatic carbocycles. The lowest BCUT2D eigenvalue weighted by atomic mass is 9.96. The number of amides is 1. The van der Waals surface area contributed by atoms with Crippen molar-refractivity contribution < 1.29 is 23.8 Å². The quantitative estimate of drug-likeness (QED) is 0.760. The fourth-order valence-electron chi connectivity index (χ4n) is 3.09. The number of fused-ring (bicyclic) bond motifs is 1. The van der Waals surface area contributed by atoms with E-state index in [9.17, 15) is 9.59 Å². The Labute approximate surface area is 162 Å². The number of carbonyl (C=O) groups is 2. The molecule has 3 rings (SSSR count). The summed E-state index contributed by atoms with van der Waals surface area (Å²) in [6.45, 7) is 1.55. The number of methoxy groups -OCH3 is 2. The van der Waals surface area contributed by atoms with Crippen LogP contribution in [0, 0.1) is 0 Å². The Morgan fingerprint density at radius 3 is 2.67 bits per heavy atom. The van der Waals surface area contributed by atoms with Gasteiger partial charge < -0.3 is 19.5 Å². The van der Waals surface area contributed by atoms with Crippen LogP contribution in [0.5, 0.6) is 11.5 Å². The van der Waals surface area contributed by atoms with Crippen molar-refractivity contribution in [2.45, 2.75) is 38.7 Å². The van der Waals surface area contributed by atoms with Crippen molar-refractivity contribution in [3.05, 3.63) is 39.6 Å². The van der Waals surface area contributed by atoms with Gasteiger partial charge in [0.15, 0.2) is 6.10 Å². The molecular formula is C20H23NO5S. The Hall–Kier alpha value is -2.54. The fraction of sp³-hybridized carbons (Fsp3) is 0.400. The van der Waals surface area contributed by atoms with Crippen molar-refractivity contribution in [3.63, 3.8) is 0 Å². The molecule has 0 aliphatic heterocycles. The number of nitrogens with one attached hydrogen (secondary N) is 1. The van der Waals surface area contributed by atoms with Gasteiger partial charge >= 0.3 is 5.97 Å². The fourth-order valence-corrected chi connectivity index (χ4v) is 4.20. The number of anilines is 1. The van der Waals surface area contributed by atoms with E-state index in [1.807, 2.05) is 5.38 Å². The summed E-state index contributed by atoms with van der Waals surface area (Å²) in [5.41, 5.74) is 2.13. The molecule has 1 N–H and O–H groups in total. The Balaban J connectivity index is 1.67. The van der Waals surface area contributed by atoms with E-state index in [0.29, 0.717) is 22.7 Å². The van der Waals surface area contributed by atoms with Gasteiger partial charge in [0.05, 0.1) is 25.5 Å². The Bertz CT molecular complexity index is 845. The molecule has 1 heterocycles. The predicted octanol–water partition coefficient (Wildman–Crippen LogP) is 3.83. The minimum Gasteiger partial charge on any atom is -0.497 e. The third-order valence-corrected chi connectivity index (χ3v) is 5.69. The second kappa shape index (κ2) is 8.43. The molecule has 0 spiro atoms. The number of aryl methyl sites for hydroxylation is 1. The molecule has 144 valence electrons. The Morgan fingerprint density at radius 2 is 1.93 bits per heavy atom. The summed E-state index contributed by atoms with van der Waals surface area (Å²) in [6, 6.07) is 5.08. The highest BCUT2D eigenvalue weighted by Gasteiger charge is 2.25. The monoisotopic (exact) mass is 389 g/mol. The van der Waals surface area contributed by atoms with Gasteiger partial charge in [-0.3, -0.25) is 4.79 Å². The van der Waals surface area contributed by atoms with Crippen LogP contribution in [0.3, 0.4) is 0 Å². The molecule has 27 heavy (non-hydrogen) atoms. The van der Waals surface area contributed by atoms with Crippen LogP contribution in [0.15, 0.2) is 23.6 Å². The predicted molar refractivity (Wildman–Crippen MR) is 104 cm³/mol. The van der Waals surface area contributed by atoms with Gasteiger partial charge in [0.1, 0.15) is 11.5 Å². The van der Waals surface area contributed by atoms with Crippen molar-refractivity contribution in [1.29, 1.82) is 0 Å². The van der Waals surface area contributed by atoms with Gasteiger partial charge in [-0.25, -0.2) is 4.79 Å². The molecule has 1 aromatic heterocycles. The lowest BCUT2D eigenvalue weighted by molar-refractivity contribution is -0.123. The molecule has 1 amide bonds. The maximum atomic E-state index is 12.5. The van der Waals surface area contributed by atoms with E-state index in [1.54, 1.807) is 43.6 Å². The summed E-state index contributed by atoms with van der Waals surface area (Å²) < 4.78 is 15.8. The molecule has 6 nitrogen and oxygen atoms in total. The van der Waals surface area contributed by atoms with E-state index in [4.69, 9.17) is 14.2 Å². The molecule has 1 unspecified atom stereocenters. The second-order valence-electron chi connectivity index (χ2n) is 6.36. The van der Waals surface area contributed by atoms with Gasteiger partial charge in [0.25, 0.3) is 5.91 Å². The van der Waals surface area contributed by atoms with E-state index in [2.05, 4.69) is 5.32 Å². The van der Waals surface area contributed by atoms with E-state index in [1.165, 1.54) is 12.0 Å². The molecule has 7 heteroatoms. The molecule has 1 atom stereocenters. The maximum Gasteiger partial charge on any atom is 0.340 e. The number of rotatable bonds is 6. The van der Waals surface area contributed by atoms with Crippen molar-refractivity contribution >= 4 is 28.9 Å². The van der Waals surface area contributed by atoms with Crippen molar-refractivity contribution in [2.24, 2.45) is 0 Å². The van der Waals surface area contributed by atoms with Crippen molar-refractivity contribution in [1.82, 2.24) is 0 Å². The van der Waals surface area contributed by atoms with Crippen LogP contribution in [0.2, 0.25) is 0 Å².